The van der Waals surface area contributed by atoms with Gasteiger partial charge in [0.05, 0.1) is 40.3 Å². The first-order chi connectivity index (χ1) is 34.1. The summed E-state index contributed by atoms with van der Waals surface area (Å²) >= 11 is 0. The van der Waals surface area contributed by atoms with Crippen LogP contribution in [0.25, 0.3) is 0 Å². The second-order valence-corrected chi connectivity index (χ2v) is 19.4. The summed E-state index contributed by atoms with van der Waals surface area (Å²) in [5.74, 6) is -1.76. The molecule has 0 aliphatic rings. The molecule has 0 heterocycles. The summed E-state index contributed by atoms with van der Waals surface area (Å²) in [6.45, 7) is 4.42. The highest BCUT2D eigenvalue weighted by Gasteiger charge is 2.25. The van der Waals surface area contributed by atoms with Gasteiger partial charge in [0.15, 0.2) is 6.10 Å². The van der Waals surface area contributed by atoms with Gasteiger partial charge in [-0.2, -0.15) is 0 Å². The van der Waals surface area contributed by atoms with E-state index in [1.54, 1.807) is 21.1 Å². The zero-order valence-electron chi connectivity index (χ0n) is 45.4. The minimum absolute atomic E-state index is 0.0292. The zero-order chi connectivity index (χ0) is 51.3. The monoisotopic (exact) mass is 974 g/mol. The summed E-state index contributed by atoms with van der Waals surface area (Å²) in [7, 11) is 5.41. The second kappa shape index (κ2) is 51.3. The van der Waals surface area contributed by atoms with Crippen molar-refractivity contribution in [3.05, 3.63) is 109 Å². The van der Waals surface area contributed by atoms with Crippen LogP contribution in [0.2, 0.25) is 0 Å². The number of likely N-dealkylation sites (N-methyl/N-ethyl adjacent to an activating group) is 1. The Kier molecular flexibility index (Phi) is 48.4. The van der Waals surface area contributed by atoms with Gasteiger partial charge in [0, 0.05) is 19.3 Å². The van der Waals surface area contributed by atoms with Crippen molar-refractivity contribution in [1.29, 1.82) is 0 Å². The number of hydrogen-bond donors (Lipinski definition) is 0. The highest BCUT2D eigenvalue weighted by atomic mass is 16.6. The third-order valence-corrected chi connectivity index (χ3v) is 11.9. The molecule has 0 fully saturated rings. The van der Waals surface area contributed by atoms with Crippen LogP contribution in [0.5, 0.6) is 0 Å². The lowest BCUT2D eigenvalue weighted by molar-refractivity contribution is -0.889. The van der Waals surface area contributed by atoms with Crippen molar-refractivity contribution in [1.82, 2.24) is 0 Å². The van der Waals surface area contributed by atoms with Crippen LogP contribution in [0, 0.1) is 0 Å². The van der Waals surface area contributed by atoms with Gasteiger partial charge in [0.1, 0.15) is 12.6 Å². The average molecular weight is 975 g/mol. The number of carboxylic acids is 1. The van der Waals surface area contributed by atoms with Crippen molar-refractivity contribution >= 4 is 17.9 Å². The Balaban J connectivity index is 4.24. The van der Waals surface area contributed by atoms with Crippen LogP contribution in [-0.4, -0.2) is 75.5 Å². The molecule has 398 valence electrons. The Morgan fingerprint density at radius 2 is 0.757 bits per heavy atom. The molecule has 0 rings (SSSR count). The SMILES string of the molecule is CC/C=C/C/C=C/C/C=C/C/C=C/C/C=C/CCCCCCCCCC(=O)OCC(COCCC(C(=O)[O-])[N+](C)(C)C)OC(=O)CCCCCCCCCCCC/C=C/C/C=C/C/C=C/C/C=C/CC. The Hall–Kier alpha value is -4.01. The number of allylic oxidation sites excluding steroid dienone is 18. The van der Waals surface area contributed by atoms with Gasteiger partial charge >= 0.3 is 11.9 Å². The van der Waals surface area contributed by atoms with E-state index in [1.165, 1.54) is 64.2 Å². The molecule has 0 saturated carbocycles. The van der Waals surface area contributed by atoms with Gasteiger partial charge < -0.3 is 28.6 Å². The Morgan fingerprint density at radius 3 is 1.11 bits per heavy atom. The van der Waals surface area contributed by atoms with Gasteiger partial charge in [-0.25, -0.2) is 0 Å². The molecule has 8 nitrogen and oxygen atoms in total. The van der Waals surface area contributed by atoms with E-state index in [-0.39, 0.29) is 42.7 Å². The summed E-state index contributed by atoms with van der Waals surface area (Å²) < 4.78 is 17.3. The fraction of sp³-hybridized carbons (Fsp3) is 0.661. The molecule has 0 aromatic rings. The molecule has 8 heteroatoms. The predicted octanol–water partition coefficient (Wildman–Crippen LogP) is 15.4. The van der Waals surface area contributed by atoms with Crippen LogP contribution < -0.4 is 5.11 Å². The number of unbranched alkanes of at least 4 members (excludes halogenated alkanes) is 17. The number of rotatable bonds is 49. The van der Waals surface area contributed by atoms with Crippen LogP contribution in [0.4, 0.5) is 0 Å². The first kappa shape index (κ1) is 66.0. The third-order valence-electron chi connectivity index (χ3n) is 11.9. The third kappa shape index (κ3) is 49.0. The number of hydrogen-bond acceptors (Lipinski definition) is 7. The molecule has 2 unspecified atom stereocenters. The molecule has 0 saturated heterocycles. The molecule has 0 N–H and O–H groups in total. The standard InChI is InChI=1S/C62H103NO7/c1-6-8-10-12-14-16-18-20-22-24-26-28-30-32-34-36-38-40-42-44-46-48-50-52-60(64)69-57-58(56-68-55-54-59(62(66)67)63(3,4)5)70-61(65)53-51-49-47-45-43-41-39-37-35-33-31-29-27-25-23-21-19-17-15-13-11-9-7-2/h8-11,14-17,20-23,26-29,32,34,58-59H,6-7,12-13,18-19,24-25,30-31,33,35-57H2,1-5H3/b10-8+,11-9+,16-14+,17-15+,22-20+,23-21+,28-26+,29-27+,34-32+. The van der Waals surface area contributed by atoms with Gasteiger partial charge in [-0.15, -0.1) is 0 Å². The van der Waals surface area contributed by atoms with E-state index in [9.17, 15) is 19.5 Å². The first-order valence-corrected chi connectivity index (χ1v) is 27.9. The lowest BCUT2D eigenvalue weighted by atomic mass is 10.0. The number of carboxylic acid groups (broad SMARTS) is 1. The number of quaternary nitrogens is 1. The summed E-state index contributed by atoms with van der Waals surface area (Å²) in [6.07, 6.45) is 71.2. The molecule has 0 aliphatic carbocycles. The van der Waals surface area contributed by atoms with Gasteiger partial charge in [-0.05, 0) is 96.3 Å². The maximum atomic E-state index is 12.8. The Bertz CT molecular complexity index is 1510. The van der Waals surface area contributed by atoms with Crippen molar-refractivity contribution < 1.29 is 38.2 Å². The van der Waals surface area contributed by atoms with E-state index < -0.39 is 18.1 Å². The molecular formula is C62H103NO7. The maximum Gasteiger partial charge on any atom is 0.306 e. The van der Waals surface area contributed by atoms with E-state index in [1.807, 2.05) is 0 Å². The molecule has 0 spiro atoms. The van der Waals surface area contributed by atoms with Crippen LogP contribution in [0.15, 0.2) is 109 Å². The minimum atomic E-state index is -1.13. The number of nitrogens with zero attached hydrogens (tertiary/aromatic N) is 1. The van der Waals surface area contributed by atoms with Crippen molar-refractivity contribution in [2.24, 2.45) is 0 Å². The van der Waals surface area contributed by atoms with Gasteiger partial charge in [-0.3, -0.25) is 9.59 Å². The van der Waals surface area contributed by atoms with Crippen LogP contribution in [0.1, 0.15) is 213 Å². The summed E-state index contributed by atoms with van der Waals surface area (Å²) in [5, 5.41) is 11.7. The fourth-order valence-corrected chi connectivity index (χ4v) is 7.68. The van der Waals surface area contributed by atoms with Crippen molar-refractivity contribution in [3.63, 3.8) is 0 Å². The largest absolute Gasteiger partial charge is 0.544 e. The molecule has 0 aromatic heterocycles. The molecular weight excluding hydrogens is 871 g/mol. The highest BCUT2D eigenvalue weighted by molar-refractivity contribution is 5.70. The Labute approximate surface area is 429 Å². The van der Waals surface area contributed by atoms with Crippen LogP contribution >= 0.6 is 0 Å². The second-order valence-electron chi connectivity index (χ2n) is 19.4. The molecule has 70 heavy (non-hydrogen) atoms. The van der Waals surface area contributed by atoms with Gasteiger partial charge in [-0.1, -0.05) is 207 Å². The van der Waals surface area contributed by atoms with Gasteiger partial charge in [0.25, 0.3) is 0 Å². The number of carbonyl (C=O) groups excluding carboxylic acids is 3. The smallest absolute Gasteiger partial charge is 0.306 e. The molecule has 0 aromatic carbocycles. The van der Waals surface area contributed by atoms with E-state index in [2.05, 4.69) is 123 Å². The number of carbonyl (C=O) groups is 3. The predicted molar refractivity (Wildman–Crippen MR) is 295 cm³/mol. The van der Waals surface area contributed by atoms with E-state index >= 15 is 0 Å². The van der Waals surface area contributed by atoms with Gasteiger partial charge in [0.2, 0.25) is 0 Å². The first-order valence-electron chi connectivity index (χ1n) is 27.9. The van der Waals surface area contributed by atoms with Crippen LogP contribution in [0.3, 0.4) is 0 Å². The fourth-order valence-electron chi connectivity index (χ4n) is 7.68. The molecule has 0 aliphatic heterocycles. The summed E-state index contributed by atoms with van der Waals surface area (Å²) in [4.78, 5) is 37.2. The van der Waals surface area contributed by atoms with Crippen LogP contribution in [-0.2, 0) is 28.6 Å². The highest BCUT2D eigenvalue weighted by Crippen LogP contribution is 2.15. The lowest BCUT2D eigenvalue weighted by Gasteiger charge is -2.34. The number of aliphatic carboxylic acids is 1. The van der Waals surface area contributed by atoms with E-state index in [0.717, 1.165) is 116 Å². The molecule has 0 bridgehead atoms. The van der Waals surface area contributed by atoms with Crippen molar-refractivity contribution in [3.8, 4) is 0 Å². The van der Waals surface area contributed by atoms with E-state index in [0.29, 0.717) is 12.8 Å². The van der Waals surface area contributed by atoms with Crippen molar-refractivity contribution in [2.45, 2.75) is 225 Å². The molecule has 2 atom stereocenters. The number of ether oxygens (including phenoxy) is 3. The zero-order valence-corrected chi connectivity index (χ0v) is 45.4. The minimum Gasteiger partial charge on any atom is -0.544 e. The summed E-state index contributed by atoms with van der Waals surface area (Å²) in [5.41, 5.74) is 0. The lowest BCUT2D eigenvalue weighted by Crippen LogP contribution is -2.55. The van der Waals surface area contributed by atoms with E-state index in [4.69, 9.17) is 14.2 Å². The average Bonchev–Trinajstić information content (AvgIpc) is 3.33. The number of esters is 2. The Morgan fingerprint density at radius 1 is 0.429 bits per heavy atom. The molecule has 0 radical (unpaired) electrons. The topological polar surface area (TPSA) is 102 Å². The maximum absolute atomic E-state index is 12.8. The summed E-state index contributed by atoms with van der Waals surface area (Å²) in [6, 6.07) is -0.736. The quantitative estimate of drug-likeness (QED) is 0.0259. The molecule has 0 amide bonds. The normalized spacial score (nSPS) is 13.7. The van der Waals surface area contributed by atoms with Crippen molar-refractivity contribution in [2.75, 3.05) is 41.0 Å².